The maximum absolute atomic E-state index is 13.0. The summed E-state index contributed by atoms with van der Waals surface area (Å²) in [6, 6.07) is 7.31. The van der Waals surface area contributed by atoms with Gasteiger partial charge in [-0.25, -0.2) is 15.0 Å². The van der Waals surface area contributed by atoms with Crippen molar-refractivity contribution in [3.8, 4) is 11.4 Å². The first-order valence-corrected chi connectivity index (χ1v) is 11.4. The van der Waals surface area contributed by atoms with E-state index in [1.54, 1.807) is 37.1 Å². The summed E-state index contributed by atoms with van der Waals surface area (Å²) in [7, 11) is 5.94. The third-order valence-corrected chi connectivity index (χ3v) is 6.02. The first-order valence-electron chi connectivity index (χ1n) is 11.4. The van der Waals surface area contributed by atoms with Crippen LogP contribution in [0.25, 0.3) is 22.2 Å². The molecule has 0 bridgehead atoms. The summed E-state index contributed by atoms with van der Waals surface area (Å²) in [5.41, 5.74) is 1.92. The lowest BCUT2D eigenvalue weighted by Crippen LogP contribution is -2.44. The molecule has 0 radical (unpaired) electrons. The predicted octanol–water partition coefficient (Wildman–Crippen LogP) is 2.55. The summed E-state index contributed by atoms with van der Waals surface area (Å²) in [6.45, 7) is 3.72. The summed E-state index contributed by atoms with van der Waals surface area (Å²) in [6.07, 6.45) is 8.52. The molecule has 0 unspecified atom stereocenters. The number of aromatic nitrogens is 5. The molecule has 10 heteroatoms. The van der Waals surface area contributed by atoms with Crippen molar-refractivity contribution in [2.45, 2.75) is 0 Å². The van der Waals surface area contributed by atoms with Gasteiger partial charge < -0.3 is 20.0 Å². The van der Waals surface area contributed by atoms with Gasteiger partial charge in [-0.15, -0.1) is 0 Å². The second-order valence-corrected chi connectivity index (χ2v) is 8.79. The molecule has 0 saturated carbocycles. The molecular formula is C25H27N9O. The Kier molecular flexibility index (Phi) is 6.19. The van der Waals surface area contributed by atoms with E-state index in [9.17, 15) is 4.79 Å². The van der Waals surface area contributed by atoms with E-state index in [4.69, 9.17) is 0 Å². The van der Waals surface area contributed by atoms with E-state index in [-0.39, 0.29) is 5.91 Å². The highest BCUT2D eigenvalue weighted by Gasteiger charge is 2.17. The zero-order valence-corrected chi connectivity index (χ0v) is 20.0. The number of nitrogens with zero attached hydrogens (tertiary/aromatic N) is 8. The SMILES string of the molecule is CN1CCN(c2cc(C(=O)Nc3cc4cc(-c5cncc(N(C)C)n5)ncc4cn3)ccn2)CC1. The summed E-state index contributed by atoms with van der Waals surface area (Å²) in [4.78, 5) is 41.6. The van der Waals surface area contributed by atoms with Gasteiger partial charge in [-0.2, -0.15) is 0 Å². The van der Waals surface area contributed by atoms with Gasteiger partial charge >= 0.3 is 0 Å². The van der Waals surface area contributed by atoms with Crippen molar-refractivity contribution in [2.24, 2.45) is 0 Å². The molecule has 0 aliphatic carbocycles. The van der Waals surface area contributed by atoms with E-state index in [1.807, 2.05) is 37.2 Å². The monoisotopic (exact) mass is 469 g/mol. The summed E-state index contributed by atoms with van der Waals surface area (Å²) < 4.78 is 0. The van der Waals surface area contributed by atoms with E-state index in [0.717, 1.165) is 48.6 Å². The van der Waals surface area contributed by atoms with Crippen LogP contribution in [0.5, 0.6) is 0 Å². The Morgan fingerprint density at radius 2 is 1.71 bits per heavy atom. The molecule has 0 atom stereocenters. The fraction of sp³-hybridized carbons (Fsp3) is 0.280. The predicted molar refractivity (Wildman–Crippen MR) is 137 cm³/mol. The molecular weight excluding hydrogens is 442 g/mol. The Bertz CT molecular complexity index is 1370. The smallest absolute Gasteiger partial charge is 0.257 e. The van der Waals surface area contributed by atoms with Gasteiger partial charge in [-0.05, 0) is 36.7 Å². The van der Waals surface area contributed by atoms with E-state index < -0.39 is 0 Å². The highest BCUT2D eigenvalue weighted by Crippen LogP contribution is 2.23. The standard InChI is InChI=1S/C25H27N9O/c1-32(2)24-16-26-15-21(30-24)20-10-18-11-22(29-14-19(18)13-28-20)31-25(35)17-4-5-27-23(12-17)34-8-6-33(3)7-9-34/h4-5,10-16H,6-9H2,1-3H3,(H,29,31,35). The Balaban J connectivity index is 1.36. The van der Waals surface area contributed by atoms with Crippen LogP contribution in [-0.4, -0.2) is 83.0 Å². The van der Waals surface area contributed by atoms with Crippen LogP contribution in [0.4, 0.5) is 17.5 Å². The molecule has 35 heavy (non-hydrogen) atoms. The minimum Gasteiger partial charge on any atom is -0.361 e. The first kappa shape index (κ1) is 22.6. The van der Waals surface area contributed by atoms with Gasteiger partial charge in [-0.3, -0.25) is 14.8 Å². The molecule has 10 nitrogen and oxygen atoms in total. The van der Waals surface area contributed by atoms with Crippen LogP contribution in [0.1, 0.15) is 10.4 Å². The second-order valence-electron chi connectivity index (χ2n) is 8.79. The quantitative estimate of drug-likeness (QED) is 0.472. The van der Waals surface area contributed by atoms with E-state index in [0.29, 0.717) is 22.8 Å². The topological polar surface area (TPSA) is 103 Å². The van der Waals surface area contributed by atoms with Crippen molar-refractivity contribution in [3.63, 3.8) is 0 Å². The summed E-state index contributed by atoms with van der Waals surface area (Å²) in [5.74, 6) is 1.80. The number of carbonyl (C=O) groups is 1. The third kappa shape index (κ3) is 5.02. The summed E-state index contributed by atoms with van der Waals surface area (Å²) in [5, 5.41) is 4.67. The minimum absolute atomic E-state index is 0.228. The number of anilines is 3. The number of pyridine rings is 3. The average molecular weight is 470 g/mol. The zero-order chi connectivity index (χ0) is 24.4. The molecule has 1 N–H and O–H groups in total. The van der Waals surface area contributed by atoms with Crippen LogP contribution in [0.3, 0.4) is 0 Å². The van der Waals surface area contributed by atoms with Crippen molar-refractivity contribution in [1.29, 1.82) is 0 Å². The maximum Gasteiger partial charge on any atom is 0.257 e. The largest absolute Gasteiger partial charge is 0.361 e. The zero-order valence-electron chi connectivity index (χ0n) is 20.0. The molecule has 1 fully saturated rings. The summed E-state index contributed by atoms with van der Waals surface area (Å²) >= 11 is 0. The number of nitrogens with one attached hydrogen (secondary N) is 1. The fourth-order valence-corrected chi connectivity index (χ4v) is 3.90. The van der Waals surface area contributed by atoms with Crippen molar-refractivity contribution in [2.75, 3.05) is 62.4 Å². The molecule has 1 aliphatic heterocycles. The molecule has 4 aromatic rings. The van der Waals surface area contributed by atoms with Gasteiger partial charge in [0.05, 0.1) is 18.1 Å². The molecule has 1 saturated heterocycles. The van der Waals surface area contributed by atoms with Crippen LogP contribution in [0.2, 0.25) is 0 Å². The van der Waals surface area contributed by atoms with E-state index in [1.165, 1.54) is 0 Å². The molecule has 1 amide bonds. The maximum atomic E-state index is 13.0. The van der Waals surface area contributed by atoms with Crippen LogP contribution < -0.4 is 15.1 Å². The molecule has 0 spiro atoms. The van der Waals surface area contributed by atoms with Crippen LogP contribution in [0, 0.1) is 0 Å². The Hall–Kier alpha value is -4.18. The molecule has 0 aromatic carbocycles. The minimum atomic E-state index is -0.228. The number of likely N-dealkylation sites (N-methyl/N-ethyl adjacent to an activating group) is 1. The van der Waals surface area contributed by atoms with Crippen LogP contribution in [0.15, 0.2) is 55.2 Å². The number of carbonyl (C=O) groups excluding carboxylic acids is 1. The highest BCUT2D eigenvalue weighted by molar-refractivity contribution is 6.05. The normalized spacial score (nSPS) is 14.2. The Morgan fingerprint density at radius 1 is 0.914 bits per heavy atom. The van der Waals surface area contributed by atoms with E-state index in [2.05, 4.69) is 47.1 Å². The second kappa shape index (κ2) is 9.59. The molecule has 178 valence electrons. The van der Waals surface area contributed by atoms with Crippen molar-refractivity contribution in [1.82, 2.24) is 29.8 Å². The highest BCUT2D eigenvalue weighted by atomic mass is 16.1. The third-order valence-electron chi connectivity index (χ3n) is 6.02. The van der Waals surface area contributed by atoms with Gasteiger partial charge in [0.2, 0.25) is 0 Å². The number of fused-ring (bicyclic) bond motifs is 1. The van der Waals surface area contributed by atoms with Crippen molar-refractivity contribution >= 4 is 34.1 Å². The number of hydrogen-bond donors (Lipinski definition) is 1. The Morgan fingerprint density at radius 3 is 2.51 bits per heavy atom. The lowest BCUT2D eigenvalue weighted by Gasteiger charge is -2.33. The lowest BCUT2D eigenvalue weighted by molar-refractivity contribution is 0.102. The number of hydrogen-bond acceptors (Lipinski definition) is 9. The van der Waals surface area contributed by atoms with Crippen molar-refractivity contribution < 1.29 is 4.79 Å². The average Bonchev–Trinajstić information content (AvgIpc) is 2.89. The number of piperazine rings is 1. The first-order chi connectivity index (χ1) is 17.0. The fourth-order valence-electron chi connectivity index (χ4n) is 3.90. The van der Waals surface area contributed by atoms with Gasteiger partial charge in [0.1, 0.15) is 23.1 Å². The molecule has 1 aliphatic rings. The molecule has 5 heterocycles. The van der Waals surface area contributed by atoms with E-state index >= 15 is 0 Å². The van der Waals surface area contributed by atoms with Crippen LogP contribution >= 0.6 is 0 Å². The molecule has 5 rings (SSSR count). The van der Waals surface area contributed by atoms with Gasteiger partial charge in [-0.1, -0.05) is 0 Å². The van der Waals surface area contributed by atoms with Gasteiger partial charge in [0.15, 0.2) is 0 Å². The van der Waals surface area contributed by atoms with Crippen molar-refractivity contribution in [3.05, 3.63) is 60.8 Å². The lowest BCUT2D eigenvalue weighted by atomic mass is 10.1. The molecule has 4 aromatic heterocycles. The van der Waals surface area contributed by atoms with Gasteiger partial charge in [0, 0.05) is 69.8 Å². The van der Waals surface area contributed by atoms with Gasteiger partial charge in [0.25, 0.3) is 5.91 Å². The number of amides is 1. The number of rotatable bonds is 5. The Labute approximate surface area is 203 Å². The van der Waals surface area contributed by atoms with Crippen LogP contribution in [-0.2, 0) is 0 Å².